The van der Waals surface area contributed by atoms with Gasteiger partial charge < -0.3 is 0 Å². The zero-order valence-electron chi connectivity index (χ0n) is 16.3. The third-order valence-corrected chi connectivity index (χ3v) is 4.62. The Morgan fingerprint density at radius 2 is 1.25 bits per heavy atom. The molecule has 0 saturated carbocycles. The van der Waals surface area contributed by atoms with Crippen LogP contribution in [0.1, 0.15) is 45.9 Å². The van der Waals surface area contributed by atoms with Gasteiger partial charge in [0.1, 0.15) is 0 Å². The molecule has 0 atom stereocenters. The van der Waals surface area contributed by atoms with E-state index in [1.165, 1.54) is 5.56 Å². The molecule has 0 nitrogen and oxygen atoms in total. The molecule has 0 bridgehead atoms. The average Bonchev–Trinajstić information content (AvgIpc) is 2.72. The third-order valence-electron chi connectivity index (χ3n) is 4.62. The van der Waals surface area contributed by atoms with Crippen molar-refractivity contribution in [2.75, 3.05) is 0 Å². The lowest BCUT2D eigenvalue weighted by atomic mass is 9.99. The minimum Gasteiger partial charge on any atom is -0.203 e. The number of benzene rings is 3. The fraction of sp³-hybridized carbons (Fsp3) is 0.154. The van der Waals surface area contributed by atoms with Crippen LogP contribution in [0, 0.1) is 25.7 Å². The Morgan fingerprint density at radius 3 is 1.86 bits per heavy atom. The fourth-order valence-electron chi connectivity index (χ4n) is 2.90. The number of hydrogen-bond acceptors (Lipinski definition) is 0. The molecule has 2 heteroatoms. The molecule has 28 heavy (non-hydrogen) atoms. The van der Waals surface area contributed by atoms with Gasteiger partial charge in [-0.2, -0.15) is 0 Å². The molecule has 0 aromatic heterocycles. The van der Waals surface area contributed by atoms with Crippen molar-refractivity contribution in [3.63, 3.8) is 0 Å². The van der Waals surface area contributed by atoms with Crippen molar-refractivity contribution in [1.82, 2.24) is 0 Å². The van der Waals surface area contributed by atoms with Gasteiger partial charge in [-0.05, 0) is 50.1 Å². The fourth-order valence-corrected chi connectivity index (χ4v) is 2.90. The molecule has 0 unspecified atom stereocenters. The molecule has 0 aliphatic heterocycles. The molecule has 0 heterocycles. The maximum Gasteiger partial charge on any atom is 0.166 e. The summed E-state index contributed by atoms with van der Waals surface area (Å²) in [6.07, 6.45) is 0.587. The van der Waals surface area contributed by atoms with Crippen molar-refractivity contribution in [1.29, 1.82) is 0 Å². The highest BCUT2D eigenvalue weighted by molar-refractivity contribution is 5.84. The highest BCUT2D eigenvalue weighted by Crippen LogP contribution is 2.31. The summed E-state index contributed by atoms with van der Waals surface area (Å²) in [5.41, 5.74) is 5.14. The Balaban J connectivity index is 1.94. The van der Waals surface area contributed by atoms with Gasteiger partial charge in [-0.25, -0.2) is 8.78 Å². The molecule has 0 fully saturated rings. The minimum absolute atomic E-state index is 0.244. The van der Waals surface area contributed by atoms with Crippen LogP contribution in [0.2, 0.25) is 0 Å². The second-order valence-corrected chi connectivity index (χ2v) is 6.84. The Labute approximate surface area is 165 Å². The summed E-state index contributed by atoms with van der Waals surface area (Å²) in [5, 5.41) is 0. The maximum absolute atomic E-state index is 14.9. The van der Waals surface area contributed by atoms with Crippen LogP contribution in [0.4, 0.5) is 8.78 Å². The van der Waals surface area contributed by atoms with E-state index in [1.807, 2.05) is 51.1 Å². The first kappa shape index (κ1) is 19.6. The van der Waals surface area contributed by atoms with Gasteiger partial charge in [0.2, 0.25) is 0 Å². The second-order valence-electron chi connectivity index (χ2n) is 6.84. The summed E-state index contributed by atoms with van der Waals surface area (Å²) in [5.74, 6) is 4.54. The van der Waals surface area contributed by atoms with Gasteiger partial charge in [0, 0.05) is 22.3 Å². The van der Waals surface area contributed by atoms with Gasteiger partial charge in [0.05, 0.1) is 0 Å². The number of halogens is 2. The Bertz CT molecular complexity index is 1060. The van der Waals surface area contributed by atoms with Crippen molar-refractivity contribution in [3.8, 4) is 11.8 Å². The Hall–Kier alpha value is -3.18. The van der Waals surface area contributed by atoms with E-state index >= 15 is 0 Å². The molecule has 3 rings (SSSR count). The van der Waals surface area contributed by atoms with Gasteiger partial charge in [-0.1, -0.05) is 72.4 Å². The molecule has 0 N–H and O–H groups in total. The molecular weight excluding hydrogens is 350 g/mol. The van der Waals surface area contributed by atoms with E-state index in [9.17, 15) is 8.78 Å². The summed E-state index contributed by atoms with van der Waals surface area (Å²) in [6.45, 7) is 5.86. The van der Waals surface area contributed by atoms with Gasteiger partial charge in [0.25, 0.3) is 0 Å². The summed E-state index contributed by atoms with van der Waals surface area (Å²) in [7, 11) is 0. The van der Waals surface area contributed by atoms with Gasteiger partial charge in [-0.3, -0.25) is 0 Å². The van der Waals surface area contributed by atoms with Crippen molar-refractivity contribution < 1.29 is 8.78 Å². The van der Waals surface area contributed by atoms with Gasteiger partial charge >= 0.3 is 0 Å². The van der Waals surface area contributed by atoms with Crippen LogP contribution in [0.5, 0.6) is 0 Å². The summed E-state index contributed by atoms with van der Waals surface area (Å²) >= 11 is 0. The van der Waals surface area contributed by atoms with Gasteiger partial charge in [0.15, 0.2) is 11.7 Å². The Kier molecular flexibility index (Phi) is 6.06. The number of aryl methyl sites for hydroxylation is 3. The lowest BCUT2D eigenvalue weighted by Gasteiger charge is -2.08. The smallest absolute Gasteiger partial charge is 0.166 e. The van der Waals surface area contributed by atoms with E-state index in [1.54, 1.807) is 36.4 Å². The van der Waals surface area contributed by atoms with E-state index in [-0.39, 0.29) is 11.1 Å². The molecule has 0 saturated heterocycles. The van der Waals surface area contributed by atoms with E-state index in [0.717, 1.165) is 22.3 Å². The zero-order chi connectivity index (χ0) is 20.1. The first-order chi connectivity index (χ1) is 13.5. The SMILES string of the molecule is CCc1cc(C#Cc2ccc(C)cc2)ccc1/C(F)=C(\F)c1ccc(C)cc1. The van der Waals surface area contributed by atoms with Crippen molar-refractivity contribution in [2.24, 2.45) is 0 Å². The van der Waals surface area contributed by atoms with Crippen LogP contribution in [-0.2, 0) is 6.42 Å². The van der Waals surface area contributed by atoms with Gasteiger partial charge in [-0.15, -0.1) is 0 Å². The molecule has 0 radical (unpaired) electrons. The largest absolute Gasteiger partial charge is 0.203 e. The topological polar surface area (TPSA) is 0 Å². The predicted octanol–water partition coefficient (Wildman–Crippen LogP) is 7.03. The quantitative estimate of drug-likeness (QED) is 0.342. The van der Waals surface area contributed by atoms with Crippen LogP contribution in [-0.4, -0.2) is 0 Å². The normalized spacial score (nSPS) is 11.5. The summed E-state index contributed by atoms with van der Waals surface area (Å²) in [4.78, 5) is 0. The summed E-state index contributed by atoms with van der Waals surface area (Å²) < 4.78 is 29.5. The standard InChI is InChI=1S/C26H22F2/c1-4-22-17-21(12-11-20-9-5-18(2)6-10-20)13-16-24(22)26(28)25(27)23-14-7-19(3)8-15-23/h5-10,13-17H,4H2,1-3H3/b26-25+. The first-order valence-electron chi connectivity index (χ1n) is 9.32. The van der Waals surface area contributed by atoms with Crippen LogP contribution in [0.15, 0.2) is 66.7 Å². The van der Waals surface area contributed by atoms with Crippen LogP contribution in [0.25, 0.3) is 11.7 Å². The van der Waals surface area contributed by atoms with Crippen LogP contribution >= 0.6 is 0 Å². The number of hydrogen-bond donors (Lipinski definition) is 0. The lowest BCUT2D eigenvalue weighted by Crippen LogP contribution is -1.93. The molecule has 0 aliphatic rings. The number of rotatable bonds is 3. The second kappa shape index (κ2) is 8.67. The molecular formula is C26H22F2. The maximum atomic E-state index is 14.9. The molecule has 0 amide bonds. The summed E-state index contributed by atoms with van der Waals surface area (Å²) in [6, 6.07) is 19.9. The Morgan fingerprint density at radius 1 is 0.714 bits per heavy atom. The predicted molar refractivity (Wildman–Crippen MR) is 113 cm³/mol. The van der Waals surface area contributed by atoms with Crippen molar-refractivity contribution >= 4 is 11.7 Å². The van der Waals surface area contributed by atoms with E-state index in [4.69, 9.17) is 0 Å². The average molecular weight is 372 g/mol. The molecule has 3 aromatic carbocycles. The monoisotopic (exact) mass is 372 g/mol. The lowest BCUT2D eigenvalue weighted by molar-refractivity contribution is 0.698. The van der Waals surface area contributed by atoms with E-state index in [2.05, 4.69) is 11.8 Å². The van der Waals surface area contributed by atoms with E-state index < -0.39 is 11.7 Å². The minimum atomic E-state index is -0.840. The third kappa shape index (κ3) is 4.56. The highest BCUT2D eigenvalue weighted by atomic mass is 19.2. The molecule has 140 valence electrons. The zero-order valence-corrected chi connectivity index (χ0v) is 16.3. The van der Waals surface area contributed by atoms with E-state index in [0.29, 0.717) is 6.42 Å². The van der Waals surface area contributed by atoms with Crippen molar-refractivity contribution in [3.05, 3.63) is 106 Å². The molecule has 0 spiro atoms. The molecule has 0 aliphatic carbocycles. The van der Waals surface area contributed by atoms with Crippen LogP contribution in [0.3, 0.4) is 0 Å². The van der Waals surface area contributed by atoms with Crippen LogP contribution < -0.4 is 0 Å². The van der Waals surface area contributed by atoms with Crippen molar-refractivity contribution in [2.45, 2.75) is 27.2 Å². The first-order valence-corrected chi connectivity index (χ1v) is 9.32. The highest BCUT2D eigenvalue weighted by Gasteiger charge is 2.14. The molecule has 3 aromatic rings.